The molecule has 0 fully saturated rings. The Morgan fingerprint density at radius 1 is 1.19 bits per heavy atom. The second-order valence-electron chi connectivity index (χ2n) is 5.51. The number of benzene rings is 2. The Labute approximate surface area is 159 Å². The summed E-state index contributed by atoms with van der Waals surface area (Å²) < 4.78 is 21.9. The molecule has 0 radical (unpaired) electrons. The van der Waals surface area contributed by atoms with Crippen LogP contribution in [0.1, 0.15) is 5.56 Å². The summed E-state index contributed by atoms with van der Waals surface area (Å²) in [6, 6.07) is 9.57. The van der Waals surface area contributed by atoms with Gasteiger partial charge >= 0.3 is 0 Å². The molecule has 0 amide bonds. The zero-order valence-corrected chi connectivity index (χ0v) is 15.2. The predicted molar refractivity (Wildman–Crippen MR) is 105 cm³/mol. The minimum absolute atomic E-state index is 0.0960. The van der Waals surface area contributed by atoms with Gasteiger partial charge in [-0.15, -0.1) is 0 Å². The van der Waals surface area contributed by atoms with Crippen molar-refractivity contribution >= 4 is 29.2 Å². The van der Waals surface area contributed by atoms with E-state index in [1.54, 1.807) is 42.7 Å². The highest BCUT2D eigenvalue weighted by Gasteiger charge is 2.08. The van der Waals surface area contributed by atoms with E-state index in [2.05, 4.69) is 14.7 Å². The molecule has 0 aliphatic rings. The summed E-state index contributed by atoms with van der Waals surface area (Å²) >= 11 is 1.10. The first-order valence-electron chi connectivity index (χ1n) is 7.80. The number of hydrogen-bond donors (Lipinski definition) is 4. The van der Waals surface area contributed by atoms with Crippen molar-refractivity contribution in [1.82, 2.24) is 9.97 Å². The molecule has 0 saturated carbocycles. The standard InChI is InChI=1S/C18H17FN6OS/c1-26-12-3-5-14(19)16(7-12)27-25-11-8-23-18(24-9-11)10-2-4-13(17(21)22)15(20)6-10/h2-9,25H,20H2,1H3,(H3,21,22). The second-order valence-corrected chi connectivity index (χ2v) is 6.36. The minimum atomic E-state index is -0.355. The molecule has 0 aliphatic heterocycles. The monoisotopic (exact) mass is 384 g/mol. The highest BCUT2D eigenvalue weighted by Crippen LogP contribution is 2.28. The molecular formula is C18H17FN6OS. The first-order chi connectivity index (χ1) is 13.0. The molecule has 7 nitrogen and oxygen atoms in total. The number of ether oxygens (including phenoxy) is 1. The molecule has 0 saturated heterocycles. The maximum Gasteiger partial charge on any atom is 0.159 e. The van der Waals surface area contributed by atoms with Crippen molar-refractivity contribution in [2.24, 2.45) is 5.73 Å². The third-order valence-corrected chi connectivity index (χ3v) is 4.54. The van der Waals surface area contributed by atoms with E-state index in [1.807, 2.05) is 0 Å². The molecule has 0 aliphatic carbocycles. The Balaban J connectivity index is 1.72. The van der Waals surface area contributed by atoms with Gasteiger partial charge < -0.3 is 20.9 Å². The van der Waals surface area contributed by atoms with Gasteiger partial charge in [0.1, 0.15) is 17.4 Å². The number of nitrogens with two attached hydrogens (primary N) is 2. The van der Waals surface area contributed by atoms with Crippen molar-refractivity contribution in [3.05, 3.63) is 60.2 Å². The molecule has 9 heteroatoms. The fourth-order valence-electron chi connectivity index (χ4n) is 2.28. The van der Waals surface area contributed by atoms with Crippen LogP contribution in [-0.2, 0) is 0 Å². The molecule has 0 bridgehead atoms. The number of amidine groups is 1. The van der Waals surface area contributed by atoms with Crippen molar-refractivity contribution in [1.29, 1.82) is 5.41 Å². The van der Waals surface area contributed by atoms with E-state index in [9.17, 15) is 4.39 Å². The predicted octanol–water partition coefficient (Wildman–Crippen LogP) is 3.28. The van der Waals surface area contributed by atoms with Gasteiger partial charge in [-0.25, -0.2) is 14.4 Å². The summed E-state index contributed by atoms with van der Waals surface area (Å²) in [6.45, 7) is 0. The number of rotatable bonds is 6. The lowest BCUT2D eigenvalue weighted by atomic mass is 10.1. The third-order valence-electron chi connectivity index (χ3n) is 3.67. The van der Waals surface area contributed by atoms with Gasteiger partial charge in [0.05, 0.1) is 30.1 Å². The maximum absolute atomic E-state index is 13.8. The van der Waals surface area contributed by atoms with Gasteiger partial charge in [0.15, 0.2) is 5.82 Å². The lowest BCUT2D eigenvalue weighted by Crippen LogP contribution is -2.13. The number of methoxy groups -OCH3 is 1. The summed E-state index contributed by atoms with van der Waals surface area (Å²) in [5.74, 6) is 0.590. The first-order valence-corrected chi connectivity index (χ1v) is 8.62. The van der Waals surface area contributed by atoms with Crippen molar-refractivity contribution in [2.45, 2.75) is 4.90 Å². The van der Waals surface area contributed by atoms with Crippen molar-refractivity contribution in [3.63, 3.8) is 0 Å². The normalized spacial score (nSPS) is 10.4. The summed E-state index contributed by atoms with van der Waals surface area (Å²) in [6.07, 6.45) is 3.17. The number of nitrogens with zero attached hydrogens (tertiary/aromatic N) is 2. The largest absolute Gasteiger partial charge is 0.497 e. The summed E-state index contributed by atoms with van der Waals surface area (Å²) in [5, 5.41) is 7.46. The van der Waals surface area contributed by atoms with Crippen LogP contribution < -0.4 is 20.9 Å². The van der Waals surface area contributed by atoms with E-state index >= 15 is 0 Å². The highest BCUT2D eigenvalue weighted by atomic mass is 32.2. The Hall–Kier alpha value is -3.33. The van der Waals surface area contributed by atoms with E-state index in [0.29, 0.717) is 39.0 Å². The third kappa shape index (κ3) is 4.26. The van der Waals surface area contributed by atoms with Crippen LogP contribution in [0.4, 0.5) is 15.8 Å². The maximum atomic E-state index is 13.8. The molecule has 1 heterocycles. The molecule has 3 aromatic rings. The van der Waals surface area contributed by atoms with Gasteiger partial charge in [-0.2, -0.15) is 0 Å². The first kappa shape index (κ1) is 18.5. The van der Waals surface area contributed by atoms with Crippen LogP contribution in [0.15, 0.2) is 53.7 Å². The topological polar surface area (TPSA) is 123 Å². The number of nitrogen functional groups attached to an aromatic ring is 2. The zero-order valence-electron chi connectivity index (χ0n) is 14.4. The summed E-state index contributed by atoms with van der Waals surface area (Å²) in [7, 11) is 1.53. The lowest BCUT2D eigenvalue weighted by molar-refractivity contribution is 0.411. The molecule has 0 unspecified atom stereocenters. The van der Waals surface area contributed by atoms with Crippen LogP contribution in [0.3, 0.4) is 0 Å². The van der Waals surface area contributed by atoms with Crippen molar-refractivity contribution in [2.75, 3.05) is 17.6 Å². The smallest absolute Gasteiger partial charge is 0.159 e. The van der Waals surface area contributed by atoms with E-state index in [4.69, 9.17) is 21.6 Å². The van der Waals surface area contributed by atoms with Crippen LogP contribution in [0.5, 0.6) is 5.75 Å². The Kier molecular flexibility index (Phi) is 5.41. The van der Waals surface area contributed by atoms with Crippen LogP contribution >= 0.6 is 11.9 Å². The Morgan fingerprint density at radius 2 is 1.93 bits per heavy atom. The summed E-state index contributed by atoms with van der Waals surface area (Å²) in [4.78, 5) is 8.97. The number of halogens is 1. The van der Waals surface area contributed by atoms with Gasteiger partial charge in [-0.05, 0) is 42.3 Å². The average molecular weight is 384 g/mol. The van der Waals surface area contributed by atoms with Crippen molar-refractivity contribution in [3.8, 4) is 17.1 Å². The van der Waals surface area contributed by atoms with E-state index in [0.717, 1.165) is 11.9 Å². The zero-order chi connectivity index (χ0) is 19.4. The Morgan fingerprint density at radius 3 is 2.56 bits per heavy atom. The van der Waals surface area contributed by atoms with Crippen LogP contribution in [0.25, 0.3) is 11.4 Å². The van der Waals surface area contributed by atoms with Gasteiger partial charge in [-0.1, -0.05) is 6.07 Å². The van der Waals surface area contributed by atoms with Gasteiger partial charge in [-0.3, -0.25) is 5.41 Å². The van der Waals surface area contributed by atoms with Gasteiger partial charge in [0.25, 0.3) is 0 Å². The summed E-state index contributed by atoms with van der Waals surface area (Å²) in [5.41, 5.74) is 13.5. The Bertz CT molecular complexity index is 980. The van der Waals surface area contributed by atoms with Crippen molar-refractivity contribution < 1.29 is 9.13 Å². The van der Waals surface area contributed by atoms with Crippen LogP contribution in [-0.4, -0.2) is 22.9 Å². The van der Waals surface area contributed by atoms with E-state index in [-0.39, 0.29) is 11.7 Å². The van der Waals surface area contributed by atoms with Gasteiger partial charge in [0, 0.05) is 16.8 Å². The molecular weight excluding hydrogens is 367 g/mol. The number of aromatic nitrogens is 2. The molecule has 0 atom stereocenters. The average Bonchev–Trinajstić information content (AvgIpc) is 2.67. The van der Waals surface area contributed by atoms with E-state index < -0.39 is 0 Å². The fourth-order valence-corrected chi connectivity index (χ4v) is 2.95. The number of hydrogen-bond acceptors (Lipinski definition) is 7. The fraction of sp³-hybridized carbons (Fsp3) is 0.0556. The molecule has 2 aromatic carbocycles. The molecule has 6 N–H and O–H groups in total. The van der Waals surface area contributed by atoms with Crippen LogP contribution in [0, 0.1) is 11.2 Å². The molecule has 0 spiro atoms. The molecule has 1 aromatic heterocycles. The molecule has 138 valence electrons. The number of nitrogens with one attached hydrogen (secondary N) is 2. The van der Waals surface area contributed by atoms with Gasteiger partial charge in [0.2, 0.25) is 0 Å². The molecule has 3 rings (SSSR count). The SMILES string of the molecule is COc1ccc(F)c(SNc2cnc(-c3ccc(C(=N)N)c(N)c3)nc2)c1. The highest BCUT2D eigenvalue weighted by molar-refractivity contribution is 8.00. The number of anilines is 2. The van der Waals surface area contributed by atoms with E-state index in [1.165, 1.54) is 13.2 Å². The lowest BCUT2D eigenvalue weighted by Gasteiger charge is -2.09. The quantitative estimate of drug-likeness (QED) is 0.223. The second kappa shape index (κ2) is 7.92. The minimum Gasteiger partial charge on any atom is -0.497 e. The molecule has 27 heavy (non-hydrogen) atoms. The van der Waals surface area contributed by atoms with Crippen LogP contribution in [0.2, 0.25) is 0 Å².